The van der Waals surface area contributed by atoms with Crippen molar-refractivity contribution in [3.63, 3.8) is 0 Å². The number of amides is 2. The van der Waals surface area contributed by atoms with E-state index in [0.717, 1.165) is 5.56 Å². The Morgan fingerprint density at radius 1 is 1.21 bits per heavy atom. The smallest absolute Gasteiger partial charge is 0.249 e. The molecule has 0 radical (unpaired) electrons. The molecular formula is C20H16Cl2N4O3. The number of nitrogens with zero attached hydrogens (tertiary/aromatic N) is 2. The van der Waals surface area contributed by atoms with Crippen LogP contribution in [0.5, 0.6) is 5.75 Å². The van der Waals surface area contributed by atoms with Gasteiger partial charge in [-0.2, -0.15) is 5.10 Å². The third-order valence-electron chi connectivity index (χ3n) is 4.54. The number of methoxy groups -OCH3 is 1. The second kappa shape index (κ2) is 7.77. The summed E-state index contributed by atoms with van der Waals surface area (Å²) in [5, 5.41) is 11.0. The largest absolute Gasteiger partial charge is 0.495 e. The van der Waals surface area contributed by atoms with Crippen molar-refractivity contribution in [2.45, 2.75) is 12.5 Å². The van der Waals surface area contributed by atoms with Gasteiger partial charge >= 0.3 is 0 Å². The molecule has 0 spiro atoms. The van der Waals surface area contributed by atoms with Crippen LogP contribution >= 0.6 is 23.2 Å². The first-order valence-electron chi connectivity index (χ1n) is 8.74. The molecule has 9 heteroatoms. The van der Waals surface area contributed by atoms with Crippen molar-refractivity contribution < 1.29 is 14.3 Å². The van der Waals surface area contributed by atoms with Crippen LogP contribution in [0, 0.1) is 0 Å². The molecule has 2 amide bonds. The molecule has 3 aromatic rings. The van der Waals surface area contributed by atoms with Crippen LogP contribution in [0.4, 0.5) is 11.5 Å². The summed E-state index contributed by atoms with van der Waals surface area (Å²) in [6.07, 6.45) is -0.0234. The van der Waals surface area contributed by atoms with Gasteiger partial charge in [-0.25, -0.2) is 4.68 Å². The number of fused-ring (bicyclic) bond motifs is 1. The summed E-state index contributed by atoms with van der Waals surface area (Å²) in [5.74, 6) is 0.337. The third-order valence-corrected chi connectivity index (χ3v) is 5.09. The Morgan fingerprint density at radius 2 is 1.97 bits per heavy atom. The molecule has 1 aromatic heterocycles. The lowest BCUT2D eigenvalue weighted by molar-refractivity contribution is -0.125. The number of anilines is 2. The molecule has 7 nitrogen and oxygen atoms in total. The van der Waals surface area contributed by atoms with Crippen LogP contribution in [0.15, 0.2) is 48.5 Å². The highest BCUT2D eigenvalue weighted by molar-refractivity contribution is 6.32. The Morgan fingerprint density at radius 3 is 2.66 bits per heavy atom. The lowest BCUT2D eigenvalue weighted by Gasteiger charge is -2.23. The molecule has 29 heavy (non-hydrogen) atoms. The standard InChI is InChI=1S/C20H16Cl2N4O3/c1-29-17-7-6-13(8-14(17)22)23-20(28)16-10-19(27)24-18-9-15(25-26(16)18)11-2-4-12(21)5-3-11/h2-9,16H,10H2,1H3,(H,23,28)(H,24,27)/t16-/m1/s1. The monoisotopic (exact) mass is 430 g/mol. The minimum Gasteiger partial charge on any atom is -0.495 e. The molecule has 148 valence electrons. The van der Waals surface area contributed by atoms with Crippen LogP contribution < -0.4 is 15.4 Å². The molecule has 1 atom stereocenters. The highest BCUT2D eigenvalue weighted by Gasteiger charge is 2.32. The Balaban J connectivity index is 1.62. The van der Waals surface area contributed by atoms with Crippen molar-refractivity contribution in [3.8, 4) is 17.0 Å². The topological polar surface area (TPSA) is 85.2 Å². The quantitative estimate of drug-likeness (QED) is 0.642. The van der Waals surface area contributed by atoms with Crippen molar-refractivity contribution in [1.29, 1.82) is 0 Å². The average Bonchev–Trinajstić information content (AvgIpc) is 3.11. The number of nitrogens with one attached hydrogen (secondary N) is 2. The minimum absolute atomic E-state index is 0.0234. The molecule has 0 unspecified atom stereocenters. The second-order valence-corrected chi connectivity index (χ2v) is 7.32. The first kappa shape index (κ1) is 19.3. The number of benzene rings is 2. The molecule has 4 rings (SSSR count). The van der Waals surface area contributed by atoms with E-state index >= 15 is 0 Å². The molecule has 2 heterocycles. The molecule has 1 aliphatic rings. The number of carbonyl (C=O) groups excluding carboxylic acids is 2. The highest BCUT2D eigenvalue weighted by Crippen LogP contribution is 2.32. The van der Waals surface area contributed by atoms with Gasteiger partial charge in [-0.3, -0.25) is 9.59 Å². The van der Waals surface area contributed by atoms with Gasteiger partial charge in [0.2, 0.25) is 11.8 Å². The normalized spacial score (nSPS) is 15.4. The molecule has 0 aliphatic carbocycles. The summed E-state index contributed by atoms with van der Waals surface area (Å²) in [4.78, 5) is 25.0. The van der Waals surface area contributed by atoms with Crippen LogP contribution in [0.25, 0.3) is 11.3 Å². The summed E-state index contributed by atoms with van der Waals surface area (Å²) in [6, 6.07) is 13.0. The molecule has 2 aromatic carbocycles. The summed E-state index contributed by atoms with van der Waals surface area (Å²) >= 11 is 12.1. The Bertz CT molecular complexity index is 1100. The van der Waals surface area contributed by atoms with Gasteiger partial charge in [-0.15, -0.1) is 0 Å². The van der Waals surface area contributed by atoms with Crippen molar-refractivity contribution in [2.24, 2.45) is 0 Å². The molecular weight excluding hydrogens is 415 g/mol. The molecule has 0 saturated heterocycles. The fraction of sp³-hybridized carbons (Fsp3) is 0.150. The number of ether oxygens (including phenoxy) is 1. The van der Waals surface area contributed by atoms with Gasteiger partial charge in [0.1, 0.15) is 17.6 Å². The number of hydrogen-bond donors (Lipinski definition) is 2. The molecule has 1 aliphatic heterocycles. The van der Waals surface area contributed by atoms with E-state index in [9.17, 15) is 9.59 Å². The first-order chi connectivity index (χ1) is 13.9. The second-order valence-electron chi connectivity index (χ2n) is 6.47. The minimum atomic E-state index is -0.791. The lowest BCUT2D eigenvalue weighted by atomic mass is 10.1. The van der Waals surface area contributed by atoms with Crippen LogP contribution in [-0.4, -0.2) is 28.7 Å². The molecule has 0 saturated carbocycles. The number of halogens is 2. The van der Waals surface area contributed by atoms with Crippen molar-refractivity contribution >= 4 is 46.5 Å². The summed E-state index contributed by atoms with van der Waals surface area (Å²) < 4.78 is 6.63. The fourth-order valence-corrected chi connectivity index (χ4v) is 3.50. The number of carbonyl (C=O) groups is 2. The SMILES string of the molecule is COc1ccc(NC(=O)[C@H]2CC(=O)Nc3cc(-c4ccc(Cl)cc4)nn32)cc1Cl. The predicted molar refractivity (Wildman–Crippen MR) is 112 cm³/mol. The van der Waals surface area contributed by atoms with E-state index in [2.05, 4.69) is 15.7 Å². The van der Waals surface area contributed by atoms with E-state index in [1.165, 1.54) is 11.8 Å². The fourth-order valence-electron chi connectivity index (χ4n) is 3.12. The van der Waals surface area contributed by atoms with Crippen molar-refractivity contribution in [2.75, 3.05) is 17.7 Å². The predicted octanol–water partition coefficient (Wildman–Crippen LogP) is 4.39. The molecule has 0 fully saturated rings. The summed E-state index contributed by atoms with van der Waals surface area (Å²) in [7, 11) is 1.51. The van der Waals surface area contributed by atoms with Crippen LogP contribution in [0.2, 0.25) is 10.0 Å². The number of aromatic nitrogens is 2. The van der Waals surface area contributed by atoms with Crippen LogP contribution in [0.3, 0.4) is 0 Å². The number of rotatable bonds is 4. The van der Waals surface area contributed by atoms with Gasteiger partial charge in [-0.05, 0) is 30.3 Å². The van der Waals surface area contributed by atoms with Crippen LogP contribution in [-0.2, 0) is 9.59 Å². The van der Waals surface area contributed by atoms with Crippen molar-refractivity contribution in [3.05, 3.63) is 58.6 Å². The van der Waals surface area contributed by atoms with E-state index in [1.807, 2.05) is 12.1 Å². The zero-order valence-electron chi connectivity index (χ0n) is 15.3. The third kappa shape index (κ3) is 3.92. The van der Waals surface area contributed by atoms with E-state index in [1.54, 1.807) is 36.4 Å². The van der Waals surface area contributed by atoms with E-state index in [0.29, 0.717) is 33.0 Å². The van der Waals surface area contributed by atoms with E-state index in [4.69, 9.17) is 27.9 Å². The maximum atomic E-state index is 12.9. The van der Waals surface area contributed by atoms with Gasteiger partial charge in [0.05, 0.1) is 24.2 Å². The Labute approximate surface area is 176 Å². The first-order valence-corrected chi connectivity index (χ1v) is 9.50. The zero-order valence-corrected chi connectivity index (χ0v) is 16.8. The maximum absolute atomic E-state index is 12.9. The van der Waals surface area contributed by atoms with Crippen LogP contribution in [0.1, 0.15) is 12.5 Å². The van der Waals surface area contributed by atoms with E-state index < -0.39 is 6.04 Å². The lowest BCUT2D eigenvalue weighted by Crippen LogP contribution is -2.35. The van der Waals surface area contributed by atoms with Gasteiger partial charge in [-0.1, -0.05) is 35.3 Å². The molecule has 2 N–H and O–H groups in total. The van der Waals surface area contributed by atoms with Gasteiger partial charge in [0.25, 0.3) is 0 Å². The summed E-state index contributed by atoms with van der Waals surface area (Å²) in [6.45, 7) is 0. The average molecular weight is 431 g/mol. The number of hydrogen-bond acceptors (Lipinski definition) is 4. The van der Waals surface area contributed by atoms with Gasteiger partial charge < -0.3 is 15.4 Å². The Kier molecular flexibility index (Phi) is 5.17. The summed E-state index contributed by atoms with van der Waals surface area (Å²) in [5.41, 5.74) is 1.95. The zero-order chi connectivity index (χ0) is 20.5. The molecule has 0 bridgehead atoms. The Hall–Kier alpha value is -3.03. The van der Waals surface area contributed by atoms with E-state index in [-0.39, 0.29) is 18.2 Å². The van der Waals surface area contributed by atoms with Crippen molar-refractivity contribution in [1.82, 2.24) is 9.78 Å². The van der Waals surface area contributed by atoms with Gasteiger partial charge in [0, 0.05) is 22.3 Å². The maximum Gasteiger partial charge on any atom is 0.249 e. The highest BCUT2D eigenvalue weighted by atomic mass is 35.5. The van der Waals surface area contributed by atoms with Gasteiger partial charge in [0.15, 0.2) is 0 Å².